The molecule has 0 aliphatic carbocycles. The number of anilines is 1. The summed E-state index contributed by atoms with van der Waals surface area (Å²) in [5.41, 5.74) is 1.45. The number of nitrogens with zero attached hydrogens (tertiary/aromatic N) is 3. The first-order valence-corrected chi connectivity index (χ1v) is 11.0. The minimum absolute atomic E-state index is 0.00903. The molecule has 2 unspecified atom stereocenters. The number of oxazole rings is 1. The summed E-state index contributed by atoms with van der Waals surface area (Å²) in [7, 11) is 1.43. The van der Waals surface area contributed by atoms with Crippen molar-refractivity contribution in [2.24, 2.45) is 0 Å². The molecule has 4 heterocycles. The quantitative estimate of drug-likeness (QED) is 0.542. The molecule has 2 bridgehead atoms. The Hall–Kier alpha value is -2.79. The van der Waals surface area contributed by atoms with Crippen LogP contribution in [0.3, 0.4) is 0 Å². The van der Waals surface area contributed by atoms with E-state index in [1.54, 1.807) is 24.6 Å². The minimum Gasteiger partial charge on any atom is -0.504 e. The van der Waals surface area contributed by atoms with Gasteiger partial charge < -0.3 is 24.1 Å². The number of nitrogens with one attached hydrogen (secondary N) is 1. The molecule has 0 spiro atoms. The van der Waals surface area contributed by atoms with Crippen molar-refractivity contribution in [1.82, 2.24) is 15.3 Å². The van der Waals surface area contributed by atoms with E-state index in [1.807, 2.05) is 4.90 Å². The zero-order valence-corrected chi connectivity index (χ0v) is 18.2. The molecule has 2 aliphatic rings. The molecule has 3 aromatic rings. The summed E-state index contributed by atoms with van der Waals surface area (Å²) in [5.74, 6) is -0.410. The molecule has 1 aromatic carbocycles. The normalized spacial score (nSPS) is 21.4. The lowest BCUT2D eigenvalue weighted by Gasteiger charge is -2.31. The van der Waals surface area contributed by atoms with Crippen LogP contribution in [0.25, 0.3) is 27.2 Å². The number of halogens is 3. The van der Waals surface area contributed by atoms with Crippen LogP contribution in [-0.4, -0.2) is 48.6 Å². The Balaban J connectivity index is 1.72. The SMILES string of the molecule is CO/C=C(\C)c1cc(-c2nccs2)c2oc(N3CC4CCC(C3)N4)nc2c1OC(F)(F)F. The van der Waals surface area contributed by atoms with Crippen molar-refractivity contribution in [3.63, 3.8) is 0 Å². The summed E-state index contributed by atoms with van der Waals surface area (Å²) in [6.07, 6.45) is 0.212. The van der Waals surface area contributed by atoms with Gasteiger partial charge >= 0.3 is 6.36 Å². The highest BCUT2D eigenvalue weighted by atomic mass is 32.1. The van der Waals surface area contributed by atoms with Gasteiger partial charge in [0.05, 0.1) is 18.9 Å². The van der Waals surface area contributed by atoms with Crippen LogP contribution in [0.15, 0.2) is 28.3 Å². The average molecular weight is 466 g/mol. The Bertz CT molecular complexity index is 1150. The number of alkyl halides is 3. The lowest BCUT2D eigenvalue weighted by Crippen LogP contribution is -2.51. The molecular weight excluding hydrogens is 445 g/mol. The summed E-state index contributed by atoms with van der Waals surface area (Å²) >= 11 is 1.36. The summed E-state index contributed by atoms with van der Waals surface area (Å²) in [4.78, 5) is 10.8. The number of thiazole rings is 1. The van der Waals surface area contributed by atoms with E-state index in [2.05, 4.69) is 20.0 Å². The molecule has 2 fully saturated rings. The summed E-state index contributed by atoms with van der Waals surface area (Å²) in [6.45, 7) is 3.01. The number of benzene rings is 1. The number of allylic oxidation sites excluding steroid dienone is 1. The first kappa shape index (κ1) is 21.1. The predicted molar refractivity (Wildman–Crippen MR) is 115 cm³/mol. The maximum absolute atomic E-state index is 13.4. The Morgan fingerprint density at radius 1 is 1.31 bits per heavy atom. The van der Waals surface area contributed by atoms with Crippen LogP contribution in [0.2, 0.25) is 0 Å². The molecule has 5 rings (SSSR count). The van der Waals surface area contributed by atoms with Gasteiger partial charge in [0.25, 0.3) is 6.01 Å². The summed E-state index contributed by atoms with van der Waals surface area (Å²) in [5, 5.41) is 5.93. The van der Waals surface area contributed by atoms with Gasteiger partial charge in [-0.1, -0.05) is 0 Å². The highest BCUT2D eigenvalue weighted by Crippen LogP contribution is 2.44. The first-order valence-electron chi connectivity index (χ1n) is 10.2. The van der Waals surface area contributed by atoms with Gasteiger partial charge in [0.15, 0.2) is 16.8 Å². The van der Waals surface area contributed by atoms with Crippen LogP contribution in [-0.2, 0) is 4.74 Å². The lowest BCUT2D eigenvalue weighted by molar-refractivity contribution is -0.274. The Labute approximate surface area is 185 Å². The van der Waals surface area contributed by atoms with Crippen LogP contribution in [0.1, 0.15) is 25.3 Å². The van der Waals surface area contributed by atoms with Crippen molar-refractivity contribution in [2.75, 3.05) is 25.1 Å². The third-order valence-electron chi connectivity index (χ3n) is 5.70. The van der Waals surface area contributed by atoms with Gasteiger partial charge in [0, 0.05) is 42.3 Å². The standard InChI is InChI=1S/C21H21F3N4O3S/c1-11(10-29-2)14-7-15(19-25-5-6-32-19)17-16(18(14)31-21(22,23)24)27-20(30-17)28-8-12-3-4-13(9-28)26-12/h5-7,10,12-13,26H,3-4,8-9H2,1-2H3/b11-10+. The zero-order chi connectivity index (χ0) is 22.5. The van der Waals surface area contributed by atoms with Gasteiger partial charge in [-0.05, 0) is 31.4 Å². The van der Waals surface area contributed by atoms with E-state index in [4.69, 9.17) is 9.15 Å². The largest absolute Gasteiger partial charge is 0.573 e. The highest BCUT2D eigenvalue weighted by Gasteiger charge is 2.37. The Morgan fingerprint density at radius 2 is 2.06 bits per heavy atom. The second kappa shape index (κ2) is 7.96. The molecule has 2 atom stereocenters. The third-order valence-corrected chi connectivity index (χ3v) is 6.50. The molecule has 0 saturated carbocycles. The van der Waals surface area contributed by atoms with E-state index < -0.39 is 12.1 Å². The molecule has 0 amide bonds. The topological polar surface area (TPSA) is 72.7 Å². The van der Waals surface area contributed by atoms with E-state index in [9.17, 15) is 13.2 Å². The average Bonchev–Trinajstić information content (AvgIpc) is 3.47. The number of ether oxygens (including phenoxy) is 2. The molecule has 32 heavy (non-hydrogen) atoms. The van der Waals surface area contributed by atoms with Gasteiger partial charge in [-0.2, -0.15) is 4.98 Å². The van der Waals surface area contributed by atoms with Gasteiger partial charge in [0.2, 0.25) is 0 Å². The van der Waals surface area contributed by atoms with Crippen molar-refractivity contribution in [3.8, 4) is 16.3 Å². The monoisotopic (exact) mass is 466 g/mol. The smallest absolute Gasteiger partial charge is 0.504 e. The van der Waals surface area contributed by atoms with E-state index in [1.165, 1.54) is 24.7 Å². The molecular formula is C21H21F3N4O3S. The number of hydrogen-bond acceptors (Lipinski definition) is 8. The molecule has 2 saturated heterocycles. The summed E-state index contributed by atoms with van der Waals surface area (Å²) < 4.78 is 55.8. The van der Waals surface area contributed by atoms with E-state index >= 15 is 0 Å². The van der Waals surface area contributed by atoms with Crippen molar-refractivity contribution >= 4 is 34.0 Å². The van der Waals surface area contributed by atoms with Crippen LogP contribution in [0, 0.1) is 0 Å². The number of fused-ring (bicyclic) bond motifs is 3. The lowest BCUT2D eigenvalue weighted by atomic mass is 10.0. The van der Waals surface area contributed by atoms with E-state index in [0.717, 1.165) is 12.8 Å². The number of rotatable bonds is 5. The molecule has 0 radical (unpaired) electrons. The van der Waals surface area contributed by atoms with Crippen molar-refractivity contribution < 1.29 is 27.1 Å². The van der Waals surface area contributed by atoms with Crippen molar-refractivity contribution in [3.05, 3.63) is 29.5 Å². The van der Waals surface area contributed by atoms with Gasteiger partial charge in [-0.25, -0.2) is 4.98 Å². The fourth-order valence-corrected chi connectivity index (χ4v) is 5.06. The molecule has 2 aliphatic heterocycles. The fraction of sp³-hybridized carbons (Fsp3) is 0.429. The number of methoxy groups -OCH3 is 1. The summed E-state index contributed by atoms with van der Waals surface area (Å²) in [6, 6.07) is 2.50. The fourth-order valence-electron chi connectivity index (χ4n) is 4.40. The van der Waals surface area contributed by atoms with Crippen LogP contribution in [0.5, 0.6) is 5.75 Å². The van der Waals surface area contributed by atoms with E-state index in [0.29, 0.717) is 41.3 Å². The molecule has 7 nitrogen and oxygen atoms in total. The Morgan fingerprint density at radius 3 is 2.69 bits per heavy atom. The molecule has 2 aromatic heterocycles. The van der Waals surface area contributed by atoms with Crippen LogP contribution in [0.4, 0.5) is 19.2 Å². The van der Waals surface area contributed by atoms with Gasteiger partial charge in [0.1, 0.15) is 5.01 Å². The number of piperazine rings is 1. The molecule has 1 N–H and O–H groups in total. The third kappa shape index (κ3) is 3.90. The number of aromatic nitrogens is 2. The second-order valence-electron chi connectivity index (χ2n) is 7.94. The van der Waals surface area contributed by atoms with E-state index in [-0.39, 0.29) is 22.7 Å². The minimum atomic E-state index is -4.90. The molecule has 170 valence electrons. The van der Waals surface area contributed by atoms with Gasteiger partial charge in [-0.3, -0.25) is 0 Å². The highest BCUT2D eigenvalue weighted by molar-refractivity contribution is 7.13. The predicted octanol–water partition coefficient (Wildman–Crippen LogP) is 4.80. The van der Waals surface area contributed by atoms with Crippen LogP contribution < -0.4 is 15.0 Å². The maximum atomic E-state index is 13.4. The Kier molecular flexibility index (Phi) is 5.25. The van der Waals surface area contributed by atoms with Crippen molar-refractivity contribution in [2.45, 2.75) is 38.2 Å². The zero-order valence-electron chi connectivity index (χ0n) is 17.4. The maximum Gasteiger partial charge on any atom is 0.573 e. The van der Waals surface area contributed by atoms with Gasteiger partial charge in [-0.15, -0.1) is 24.5 Å². The van der Waals surface area contributed by atoms with Crippen LogP contribution >= 0.6 is 11.3 Å². The second-order valence-corrected chi connectivity index (χ2v) is 8.83. The molecule has 11 heteroatoms. The number of hydrogen-bond donors (Lipinski definition) is 1. The first-order chi connectivity index (χ1) is 15.3. The van der Waals surface area contributed by atoms with Crippen molar-refractivity contribution in [1.29, 1.82) is 0 Å².